The minimum Gasteiger partial charge on any atom is -0.383 e. The molecular weight excluding hydrogens is 323 g/mol. The molecule has 1 spiro atoms. The number of carbonyl (C=O) groups is 1. The quantitative estimate of drug-likeness (QED) is 0.917. The summed E-state index contributed by atoms with van der Waals surface area (Å²) in [5.41, 5.74) is -0.763. The van der Waals surface area contributed by atoms with Crippen LogP contribution in [0.25, 0.3) is 0 Å². The van der Waals surface area contributed by atoms with Gasteiger partial charge in [-0.1, -0.05) is 18.2 Å². The molecule has 1 aliphatic heterocycles. The van der Waals surface area contributed by atoms with E-state index < -0.39 is 23.8 Å². The molecule has 1 saturated carbocycles. The normalized spacial score (nSPS) is 21.4. The first-order valence-electron chi connectivity index (χ1n) is 8.06. The van der Waals surface area contributed by atoms with Crippen LogP contribution in [0.3, 0.4) is 0 Å². The van der Waals surface area contributed by atoms with Crippen LogP contribution < -0.4 is 0 Å². The average Bonchev–Trinajstić information content (AvgIpc) is 2.52. The fourth-order valence-electron chi connectivity index (χ4n) is 3.30. The Labute approximate surface area is 138 Å². The van der Waals surface area contributed by atoms with Gasteiger partial charge in [0.25, 0.3) is 5.91 Å². The highest BCUT2D eigenvalue weighted by molar-refractivity contribution is 5.81. The Morgan fingerprint density at radius 1 is 1.38 bits per heavy atom. The summed E-state index contributed by atoms with van der Waals surface area (Å²) >= 11 is 0. The van der Waals surface area contributed by atoms with E-state index in [-0.39, 0.29) is 17.6 Å². The van der Waals surface area contributed by atoms with Gasteiger partial charge in [-0.2, -0.15) is 13.2 Å². The van der Waals surface area contributed by atoms with Crippen molar-refractivity contribution in [2.45, 2.75) is 43.6 Å². The molecular formula is C17H20F3NO3. The van der Waals surface area contributed by atoms with Crippen molar-refractivity contribution in [3.8, 4) is 0 Å². The van der Waals surface area contributed by atoms with E-state index in [0.29, 0.717) is 19.7 Å². The number of aliphatic hydroxyl groups is 1. The summed E-state index contributed by atoms with van der Waals surface area (Å²) in [6.45, 7) is 1.29. The lowest BCUT2D eigenvalue weighted by molar-refractivity contribution is -0.173. The monoisotopic (exact) mass is 343 g/mol. The van der Waals surface area contributed by atoms with Gasteiger partial charge in [-0.05, 0) is 30.9 Å². The Hall–Kier alpha value is -1.60. The Kier molecular flexibility index (Phi) is 4.57. The lowest BCUT2D eigenvalue weighted by Gasteiger charge is -2.48. The van der Waals surface area contributed by atoms with Crippen LogP contribution in [0.15, 0.2) is 24.3 Å². The summed E-state index contributed by atoms with van der Waals surface area (Å²) in [5, 5.41) is 10.2. The van der Waals surface area contributed by atoms with Crippen LogP contribution in [0, 0.1) is 0 Å². The van der Waals surface area contributed by atoms with Gasteiger partial charge >= 0.3 is 6.18 Å². The maximum absolute atomic E-state index is 12.7. The number of alkyl halides is 3. The zero-order valence-corrected chi connectivity index (χ0v) is 13.2. The van der Waals surface area contributed by atoms with Gasteiger partial charge in [-0.3, -0.25) is 4.79 Å². The first-order valence-corrected chi connectivity index (χ1v) is 8.06. The largest absolute Gasteiger partial charge is 0.416 e. The van der Waals surface area contributed by atoms with Gasteiger partial charge in [0.2, 0.25) is 0 Å². The molecule has 0 bridgehead atoms. The topological polar surface area (TPSA) is 49.8 Å². The Balaban J connectivity index is 1.64. The Morgan fingerprint density at radius 2 is 2.12 bits per heavy atom. The summed E-state index contributed by atoms with van der Waals surface area (Å²) in [6, 6.07) is 4.72. The third kappa shape index (κ3) is 3.57. The maximum atomic E-state index is 12.7. The minimum absolute atomic E-state index is 0.132. The number of nitrogens with zero attached hydrogens (tertiary/aromatic N) is 1. The van der Waals surface area contributed by atoms with Crippen molar-refractivity contribution in [3.63, 3.8) is 0 Å². The summed E-state index contributed by atoms with van der Waals surface area (Å²) in [4.78, 5) is 14.0. The van der Waals surface area contributed by atoms with E-state index in [9.17, 15) is 23.1 Å². The zero-order valence-electron chi connectivity index (χ0n) is 13.2. The van der Waals surface area contributed by atoms with Crippen molar-refractivity contribution in [1.82, 2.24) is 4.90 Å². The SMILES string of the molecule is O=C(C(O)Cc1cccc(C(F)(F)F)c1)N1CCOC2(CCC2)C1. The number of morpholine rings is 1. The lowest BCUT2D eigenvalue weighted by atomic mass is 9.78. The summed E-state index contributed by atoms with van der Waals surface area (Å²) in [6.07, 6.45) is -3.04. The van der Waals surface area contributed by atoms with E-state index in [4.69, 9.17) is 4.74 Å². The van der Waals surface area contributed by atoms with Gasteiger partial charge in [0.05, 0.1) is 17.8 Å². The number of hydrogen-bond acceptors (Lipinski definition) is 3. The van der Waals surface area contributed by atoms with Crippen molar-refractivity contribution in [2.75, 3.05) is 19.7 Å². The average molecular weight is 343 g/mol. The van der Waals surface area contributed by atoms with E-state index in [1.165, 1.54) is 12.1 Å². The molecule has 1 aromatic carbocycles. The molecule has 2 fully saturated rings. The molecule has 1 amide bonds. The predicted molar refractivity (Wildman–Crippen MR) is 80.3 cm³/mol. The van der Waals surface area contributed by atoms with Crippen LogP contribution in [0.2, 0.25) is 0 Å². The molecule has 1 aromatic rings. The second-order valence-corrected chi connectivity index (χ2v) is 6.56. The smallest absolute Gasteiger partial charge is 0.383 e. The number of hydrogen-bond donors (Lipinski definition) is 1. The van der Waals surface area contributed by atoms with Crippen molar-refractivity contribution in [3.05, 3.63) is 35.4 Å². The molecule has 132 valence electrons. The van der Waals surface area contributed by atoms with Crippen molar-refractivity contribution < 1.29 is 27.8 Å². The third-order valence-electron chi connectivity index (χ3n) is 4.79. The van der Waals surface area contributed by atoms with E-state index >= 15 is 0 Å². The summed E-state index contributed by atoms with van der Waals surface area (Å²) in [7, 11) is 0. The molecule has 7 heteroatoms. The van der Waals surface area contributed by atoms with E-state index in [1.807, 2.05) is 0 Å². The van der Waals surface area contributed by atoms with Crippen molar-refractivity contribution in [2.24, 2.45) is 0 Å². The molecule has 1 unspecified atom stereocenters. The molecule has 1 atom stereocenters. The van der Waals surface area contributed by atoms with E-state index in [1.54, 1.807) is 4.90 Å². The highest BCUT2D eigenvalue weighted by Crippen LogP contribution is 2.38. The van der Waals surface area contributed by atoms with Crippen LogP contribution in [0.4, 0.5) is 13.2 Å². The summed E-state index contributed by atoms with van der Waals surface area (Å²) < 4.78 is 43.9. The number of ether oxygens (including phenoxy) is 1. The minimum atomic E-state index is -4.44. The van der Waals surface area contributed by atoms with Crippen LogP contribution in [-0.4, -0.2) is 47.3 Å². The molecule has 1 saturated heterocycles. The number of carbonyl (C=O) groups excluding carboxylic acids is 1. The fraction of sp³-hybridized carbons (Fsp3) is 0.588. The van der Waals surface area contributed by atoms with Crippen LogP contribution in [0.5, 0.6) is 0 Å². The molecule has 1 aliphatic carbocycles. The van der Waals surface area contributed by atoms with Gasteiger partial charge in [0.1, 0.15) is 6.10 Å². The zero-order chi connectivity index (χ0) is 17.4. The van der Waals surface area contributed by atoms with E-state index in [0.717, 1.165) is 31.4 Å². The number of benzene rings is 1. The number of rotatable bonds is 3. The van der Waals surface area contributed by atoms with Gasteiger partial charge in [-0.25, -0.2) is 0 Å². The number of halogens is 3. The molecule has 1 N–H and O–H groups in total. The van der Waals surface area contributed by atoms with Gasteiger partial charge < -0.3 is 14.7 Å². The highest BCUT2D eigenvalue weighted by Gasteiger charge is 2.44. The molecule has 1 heterocycles. The van der Waals surface area contributed by atoms with Crippen LogP contribution >= 0.6 is 0 Å². The Bertz CT molecular complexity index is 613. The second-order valence-electron chi connectivity index (χ2n) is 6.56. The fourth-order valence-corrected chi connectivity index (χ4v) is 3.30. The second kappa shape index (κ2) is 6.37. The molecule has 4 nitrogen and oxygen atoms in total. The molecule has 24 heavy (non-hydrogen) atoms. The maximum Gasteiger partial charge on any atom is 0.416 e. The van der Waals surface area contributed by atoms with E-state index in [2.05, 4.69) is 0 Å². The molecule has 3 rings (SSSR count). The van der Waals surface area contributed by atoms with Crippen molar-refractivity contribution in [1.29, 1.82) is 0 Å². The van der Waals surface area contributed by atoms with Gasteiger partial charge in [0, 0.05) is 19.5 Å². The highest BCUT2D eigenvalue weighted by atomic mass is 19.4. The van der Waals surface area contributed by atoms with Crippen LogP contribution in [0.1, 0.15) is 30.4 Å². The molecule has 0 aromatic heterocycles. The van der Waals surface area contributed by atoms with Crippen LogP contribution in [-0.2, 0) is 22.1 Å². The first-order chi connectivity index (χ1) is 11.3. The number of amides is 1. The van der Waals surface area contributed by atoms with Gasteiger partial charge in [-0.15, -0.1) is 0 Å². The van der Waals surface area contributed by atoms with Gasteiger partial charge in [0.15, 0.2) is 0 Å². The predicted octanol–water partition coefficient (Wildman–Crippen LogP) is 2.39. The standard InChI is InChI=1S/C17H20F3NO3/c18-17(19,20)13-4-1-3-12(9-13)10-14(22)15(23)21-7-8-24-16(11-21)5-2-6-16/h1,3-4,9,14,22H,2,5-8,10-11H2. The Morgan fingerprint density at radius 3 is 2.75 bits per heavy atom. The summed E-state index contributed by atoms with van der Waals surface area (Å²) in [5.74, 6) is -0.443. The molecule has 0 radical (unpaired) electrons. The first kappa shape index (κ1) is 17.2. The lowest BCUT2D eigenvalue weighted by Crippen LogP contribution is -2.58. The van der Waals surface area contributed by atoms with Crippen molar-refractivity contribution >= 4 is 5.91 Å². The molecule has 2 aliphatic rings. The number of aliphatic hydroxyl groups excluding tert-OH is 1. The third-order valence-corrected chi connectivity index (χ3v) is 4.79.